The van der Waals surface area contributed by atoms with E-state index in [-0.39, 0.29) is 6.61 Å². The van der Waals surface area contributed by atoms with Crippen molar-refractivity contribution in [2.24, 2.45) is 0 Å². The van der Waals surface area contributed by atoms with Gasteiger partial charge in [-0.15, -0.1) is 0 Å². The molecule has 158 valence electrons. The average Bonchev–Trinajstić information content (AvgIpc) is 2.77. The zero-order valence-electron chi connectivity index (χ0n) is 16.3. The van der Waals surface area contributed by atoms with Gasteiger partial charge in [0.25, 0.3) is 0 Å². The van der Waals surface area contributed by atoms with Gasteiger partial charge in [-0.1, -0.05) is 48.5 Å². The molecule has 2 N–H and O–H groups in total. The van der Waals surface area contributed by atoms with Gasteiger partial charge in [0.2, 0.25) is 5.91 Å². The molecule has 1 amide bonds. The average molecular weight is 413 g/mol. The highest BCUT2D eigenvalue weighted by Crippen LogP contribution is 2.35. The molecule has 8 nitrogen and oxygen atoms in total. The number of nitrogens with one attached hydrogen (secondary N) is 1. The van der Waals surface area contributed by atoms with Gasteiger partial charge in [-0.05, 0) is 12.1 Å². The molecule has 0 unspecified atom stereocenters. The summed E-state index contributed by atoms with van der Waals surface area (Å²) in [6.07, 6.45) is -4.48. The quantitative estimate of drug-likeness (QED) is 0.733. The number of amides is 1. The number of rotatable bonds is 4. The van der Waals surface area contributed by atoms with Gasteiger partial charge in [-0.3, -0.25) is 4.79 Å². The first-order valence-corrected chi connectivity index (χ1v) is 9.71. The van der Waals surface area contributed by atoms with Crippen LogP contribution in [0, 0.1) is 0 Å². The number of carbonyl (C=O) groups is 2. The van der Waals surface area contributed by atoms with Crippen LogP contribution in [0.1, 0.15) is 29.1 Å². The van der Waals surface area contributed by atoms with Crippen molar-refractivity contribution in [3.05, 3.63) is 71.8 Å². The van der Waals surface area contributed by atoms with E-state index in [4.69, 9.17) is 18.9 Å². The molecule has 0 radical (unpaired) electrons. The number of carbonyl (C=O) groups excluding carboxylic acids is 2. The topological polar surface area (TPSA) is 103 Å². The van der Waals surface area contributed by atoms with Gasteiger partial charge in [0.1, 0.15) is 18.2 Å². The first-order chi connectivity index (χ1) is 14.5. The van der Waals surface area contributed by atoms with Gasteiger partial charge in [0.05, 0.1) is 12.2 Å². The number of hydrogen-bond donors (Lipinski definition) is 2. The summed E-state index contributed by atoms with van der Waals surface area (Å²) in [5.74, 6) is -0.983. The number of hydrogen-bond acceptors (Lipinski definition) is 7. The fourth-order valence-corrected chi connectivity index (χ4v) is 3.66. The molecule has 2 aromatic carbocycles. The number of benzene rings is 2. The van der Waals surface area contributed by atoms with Crippen molar-refractivity contribution in [3.8, 4) is 0 Å². The minimum atomic E-state index is -1.39. The molecule has 6 atom stereocenters. The molecular weight excluding hydrogens is 390 g/mol. The first-order valence-electron chi connectivity index (χ1n) is 9.71. The monoisotopic (exact) mass is 413 g/mol. The zero-order chi connectivity index (χ0) is 21.1. The van der Waals surface area contributed by atoms with Gasteiger partial charge in [0, 0.05) is 12.5 Å². The fraction of sp³-hybridized carbons (Fsp3) is 0.364. The van der Waals surface area contributed by atoms with E-state index in [1.54, 1.807) is 30.3 Å². The predicted molar refractivity (Wildman–Crippen MR) is 104 cm³/mol. The van der Waals surface area contributed by atoms with Gasteiger partial charge >= 0.3 is 5.97 Å². The molecule has 8 heteroatoms. The van der Waals surface area contributed by atoms with Crippen LogP contribution in [0.25, 0.3) is 0 Å². The van der Waals surface area contributed by atoms with E-state index < -0.39 is 48.8 Å². The van der Waals surface area contributed by atoms with Crippen LogP contribution in [-0.2, 0) is 23.7 Å². The fourth-order valence-electron chi connectivity index (χ4n) is 3.66. The summed E-state index contributed by atoms with van der Waals surface area (Å²) in [4.78, 5) is 24.5. The summed E-state index contributed by atoms with van der Waals surface area (Å²) in [7, 11) is 0. The smallest absolute Gasteiger partial charge is 0.338 e. The van der Waals surface area contributed by atoms with Crippen molar-refractivity contribution in [3.63, 3.8) is 0 Å². The van der Waals surface area contributed by atoms with E-state index in [0.717, 1.165) is 5.56 Å². The van der Waals surface area contributed by atoms with Crippen molar-refractivity contribution in [2.75, 3.05) is 6.61 Å². The third kappa shape index (κ3) is 4.36. The normalized spacial score (nSPS) is 30.7. The van der Waals surface area contributed by atoms with E-state index in [9.17, 15) is 14.7 Å². The molecule has 2 aliphatic heterocycles. The van der Waals surface area contributed by atoms with Crippen LogP contribution in [-0.4, -0.2) is 54.2 Å². The molecule has 2 saturated heterocycles. The summed E-state index contributed by atoms with van der Waals surface area (Å²) in [6, 6.07) is 16.8. The van der Waals surface area contributed by atoms with E-state index in [2.05, 4.69) is 5.32 Å². The van der Waals surface area contributed by atoms with Crippen molar-refractivity contribution in [2.45, 2.75) is 43.9 Å². The van der Waals surface area contributed by atoms with Gasteiger partial charge in [0.15, 0.2) is 18.7 Å². The van der Waals surface area contributed by atoms with Gasteiger partial charge in [-0.25, -0.2) is 4.79 Å². The Bertz CT molecular complexity index is 876. The summed E-state index contributed by atoms with van der Waals surface area (Å²) in [6.45, 7) is 1.44. The highest BCUT2D eigenvalue weighted by molar-refractivity contribution is 5.89. The lowest BCUT2D eigenvalue weighted by Gasteiger charge is -2.47. The maximum atomic E-state index is 12.7. The Hall–Kier alpha value is -2.78. The van der Waals surface area contributed by atoms with Crippen LogP contribution in [0.3, 0.4) is 0 Å². The van der Waals surface area contributed by atoms with E-state index >= 15 is 0 Å². The maximum absolute atomic E-state index is 12.7. The lowest BCUT2D eigenvalue weighted by molar-refractivity contribution is -0.337. The van der Waals surface area contributed by atoms with Crippen LogP contribution < -0.4 is 5.32 Å². The lowest BCUT2D eigenvalue weighted by Crippen LogP contribution is -2.67. The molecule has 2 heterocycles. The van der Waals surface area contributed by atoms with E-state index in [1.807, 2.05) is 30.3 Å². The Morgan fingerprint density at radius 3 is 2.37 bits per heavy atom. The molecule has 2 fully saturated rings. The molecule has 0 aliphatic carbocycles. The molecule has 0 spiro atoms. The summed E-state index contributed by atoms with van der Waals surface area (Å²) >= 11 is 0. The second kappa shape index (κ2) is 8.93. The van der Waals surface area contributed by atoms with Crippen molar-refractivity contribution in [1.82, 2.24) is 5.32 Å². The van der Waals surface area contributed by atoms with Crippen molar-refractivity contribution >= 4 is 11.9 Å². The number of aliphatic hydroxyl groups excluding tert-OH is 1. The molecule has 0 bridgehead atoms. The second-order valence-corrected chi connectivity index (χ2v) is 7.20. The number of fused-ring (bicyclic) bond motifs is 1. The van der Waals surface area contributed by atoms with Gasteiger partial charge < -0.3 is 29.4 Å². The molecular formula is C22H23NO7. The third-order valence-electron chi connectivity index (χ3n) is 5.05. The molecule has 0 aromatic heterocycles. The SMILES string of the molecule is CC(=O)N[C@@H]1[C@@H](OC(=O)c2ccccc2)[C@H]2O[C@H](c3ccccc3)OC[C@H]2O[C@H]1O. The van der Waals surface area contributed by atoms with Crippen LogP contribution in [0.2, 0.25) is 0 Å². The Morgan fingerprint density at radius 2 is 1.70 bits per heavy atom. The Kier molecular flexibility index (Phi) is 6.10. The van der Waals surface area contributed by atoms with E-state index in [0.29, 0.717) is 5.56 Å². The molecule has 4 rings (SSSR count). The summed E-state index contributed by atoms with van der Waals surface area (Å²) in [5, 5.41) is 13.1. The molecule has 30 heavy (non-hydrogen) atoms. The lowest BCUT2D eigenvalue weighted by atomic mass is 9.95. The Balaban J connectivity index is 1.61. The molecule has 2 aliphatic rings. The third-order valence-corrected chi connectivity index (χ3v) is 5.05. The van der Waals surface area contributed by atoms with Crippen LogP contribution in [0.4, 0.5) is 0 Å². The minimum absolute atomic E-state index is 0.132. The standard InChI is InChI=1S/C22H23NO7/c1-13(24)23-17-19(29-20(25)14-8-4-2-5-9-14)18-16(28-21(17)26)12-27-22(30-18)15-10-6-3-7-11-15/h2-11,16-19,21-22,26H,12H2,1H3,(H,23,24)/t16-,17-,18+,19-,21-,22-/m1/s1. The van der Waals surface area contributed by atoms with Crippen LogP contribution in [0.15, 0.2) is 60.7 Å². The largest absolute Gasteiger partial charge is 0.453 e. The molecule has 0 saturated carbocycles. The van der Waals surface area contributed by atoms with Crippen LogP contribution in [0.5, 0.6) is 0 Å². The number of ether oxygens (including phenoxy) is 4. The highest BCUT2D eigenvalue weighted by Gasteiger charge is 2.52. The number of aliphatic hydroxyl groups is 1. The zero-order valence-corrected chi connectivity index (χ0v) is 16.3. The Labute approximate surface area is 173 Å². The van der Waals surface area contributed by atoms with Crippen molar-refractivity contribution in [1.29, 1.82) is 0 Å². The maximum Gasteiger partial charge on any atom is 0.338 e. The summed E-state index contributed by atoms with van der Waals surface area (Å²) < 4.78 is 23.2. The first kappa shape index (κ1) is 20.5. The van der Waals surface area contributed by atoms with E-state index in [1.165, 1.54) is 6.92 Å². The number of esters is 1. The summed E-state index contributed by atoms with van der Waals surface area (Å²) in [5.41, 5.74) is 1.15. The minimum Gasteiger partial charge on any atom is -0.453 e. The highest BCUT2D eigenvalue weighted by atomic mass is 16.7. The van der Waals surface area contributed by atoms with Crippen molar-refractivity contribution < 1.29 is 33.6 Å². The Morgan fingerprint density at radius 1 is 1.03 bits per heavy atom. The second-order valence-electron chi connectivity index (χ2n) is 7.20. The predicted octanol–water partition coefficient (Wildman–Crippen LogP) is 1.55. The van der Waals surface area contributed by atoms with Crippen LogP contribution >= 0.6 is 0 Å². The van der Waals surface area contributed by atoms with Gasteiger partial charge in [-0.2, -0.15) is 0 Å². The molecule has 2 aromatic rings.